The molecule has 8 heteroatoms. The SMILES string of the molecule is O=C(N[C@H]1C[C@H](CCN2CCN(c3cccc(Cl)c3Cl)CC2)C1)c1ccon1. The minimum Gasteiger partial charge on any atom is -0.368 e. The number of anilines is 1. The summed E-state index contributed by atoms with van der Waals surface area (Å²) in [6.45, 7) is 5.08. The van der Waals surface area contributed by atoms with Crippen molar-refractivity contribution in [3.05, 3.63) is 46.3 Å². The molecule has 1 saturated carbocycles. The first-order valence-corrected chi connectivity index (χ1v) is 10.5. The van der Waals surface area contributed by atoms with Crippen LogP contribution in [-0.2, 0) is 0 Å². The predicted molar refractivity (Wildman–Crippen MR) is 110 cm³/mol. The Labute approximate surface area is 174 Å². The molecule has 2 heterocycles. The second-order valence-corrected chi connectivity index (χ2v) is 8.37. The van der Waals surface area contributed by atoms with Gasteiger partial charge in [-0.2, -0.15) is 0 Å². The highest BCUT2D eigenvalue weighted by atomic mass is 35.5. The van der Waals surface area contributed by atoms with Gasteiger partial charge in [0.15, 0.2) is 5.69 Å². The van der Waals surface area contributed by atoms with Crippen molar-refractivity contribution in [2.24, 2.45) is 5.92 Å². The maximum atomic E-state index is 11.9. The third-order valence-corrected chi connectivity index (χ3v) is 6.55. The van der Waals surface area contributed by atoms with Gasteiger partial charge in [0.05, 0.1) is 15.7 Å². The van der Waals surface area contributed by atoms with Gasteiger partial charge in [0.2, 0.25) is 0 Å². The minimum absolute atomic E-state index is 0.145. The summed E-state index contributed by atoms with van der Waals surface area (Å²) in [5.41, 5.74) is 1.37. The van der Waals surface area contributed by atoms with Gasteiger partial charge in [0.25, 0.3) is 5.91 Å². The number of aromatic nitrogens is 1. The maximum Gasteiger partial charge on any atom is 0.273 e. The van der Waals surface area contributed by atoms with Gasteiger partial charge in [-0.3, -0.25) is 9.69 Å². The van der Waals surface area contributed by atoms with E-state index in [0.717, 1.165) is 51.3 Å². The number of carbonyl (C=O) groups excluding carboxylic acids is 1. The van der Waals surface area contributed by atoms with Crippen LogP contribution in [0.25, 0.3) is 0 Å². The molecule has 2 aliphatic rings. The van der Waals surface area contributed by atoms with Gasteiger partial charge in [-0.05, 0) is 43.9 Å². The van der Waals surface area contributed by atoms with Crippen molar-refractivity contribution in [1.29, 1.82) is 0 Å². The van der Waals surface area contributed by atoms with Crippen molar-refractivity contribution in [1.82, 2.24) is 15.4 Å². The van der Waals surface area contributed by atoms with E-state index in [9.17, 15) is 4.79 Å². The van der Waals surface area contributed by atoms with Gasteiger partial charge in [0.1, 0.15) is 6.26 Å². The first-order valence-electron chi connectivity index (χ1n) is 9.72. The molecule has 2 fully saturated rings. The van der Waals surface area contributed by atoms with Crippen LogP contribution in [0.15, 0.2) is 35.1 Å². The van der Waals surface area contributed by atoms with Gasteiger partial charge in [-0.25, -0.2) is 0 Å². The number of hydrogen-bond donors (Lipinski definition) is 1. The van der Waals surface area contributed by atoms with Crippen LogP contribution in [0.1, 0.15) is 29.8 Å². The molecular formula is C20H24Cl2N4O2. The van der Waals surface area contributed by atoms with E-state index in [0.29, 0.717) is 21.7 Å². The van der Waals surface area contributed by atoms with Gasteiger partial charge in [-0.1, -0.05) is 34.4 Å². The van der Waals surface area contributed by atoms with Crippen LogP contribution in [0.4, 0.5) is 5.69 Å². The fourth-order valence-electron chi connectivity index (χ4n) is 3.99. The maximum absolute atomic E-state index is 11.9. The molecule has 1 saturated heterocycles. The van der Waals surface area contributed by atoms with E-state index in [1.165, 1.54) is 12.7 Å². The molecule has 0 unspecified atom stereocenters. The zero-order valence-electron chi connectivity index (χ0n) is 15.6. The van der Waals surface area contributed by atoms with E-state index in [4.69, 9.17) is 27.7 Å². The lowest BCUT2D eigenvalue weighted by atomic mass is 9.78. The number of nitrogens with zero attached hydrogens (tertiary/aromatic N) is 3. The topological polar surface area (TPSA) is 61.6 Å². The molecule has 0 bridgehead atoms. The normalized spacial score (nSPS) is 22.7. The minimum atomic E-state index is -0.145. The number of halogens is 2. The summed E-state index contributed by atoms with van der Waals surface area (Å²) in [6, 6.07) is 7.65. The first kappa shape index (κ1) is 19.6. The van der Waals surface area contributed by atoms with Gasteiger partial charge in [-0.15, -0.1) is 0 Å². The lowest BCUT2D eigenvalue weighted by molar-refractivity contribution is 0.0868. The number of nitrogens with one attached hydrogen (secondary N) is 1. The number of rotatable bonds is 6. The molecule has 0 spiro atoms. The Morgan fingerprint density at radius 3 is 2.68 bits per heavy atom. The molecule has 28 heavy (non-hydrogen) atoms. The van der Waals surface area contributed by atoms with Crippen LogP contribution in [0, 0.1) is 5.92 Å². The monoisotopic (exact) mass is 422 g/mol. The van der Waals surface area contributed by atoms with Crippen LogP contribution < -0.4 is 10.2 Å². The zero-order valence-corrected chi connectivity index (χ0v) is 17.1. The van der Waals surface area contributed by atoms with Crippen molar-refractivity contribution in [2.45, 2.75) is 25.3 Å². The standard InChI is InChI=1S/C20H24Cl2N4O2/c21-16-2-1-3-18(19(16)22)26-9-7-25(8-10-26)6-4-14-12-15(13-14)23-20(27)17-5-11-28-24-17/h1-3,5,11,14-15H,4,6-10,12-13H2,(H,23,27)/t14-,15-. The Hall–Kier alpha value is -1.76. The second kappa shape index (κ2) is 8.72. The summed E-state index contributed by atoms with van der Waals surface area (Å²) < 4.78 is 4.71. The average molecular weight is 423 g/mol. The van der Waals surface area contributed by atoms with Crippen LogP contribution in [0.3, 0.4) is 0 Å². The summed E-state index contributed by atoms with van der Waals surface area (Å²) in [6.07, 6.45) is 4.68. The third kappa shape index (κ3) is 4.45. The molecular weight excluding hydrogens is 399 g/mol. The molecule has 2 aromatic rings. The molecule has 1 N–H and O–H groups in total. The van der Waals surface area contributed by atoms with E-state index in [1.807, 2.05) is 18.2 Å². The number of hydrogen-bond acceptors (Lipinski definition) is 5. The highest BCUT2D eigenvalue weighted by Gasteiger charge is 2.31. The molecule has 4 rings (SSSR count). The third-order valence-electron chi connectivity index (χ3n) is 5.74. The first-order chi connectivity index (χ1) is 13.6. The van der Waals surface area contributed by atoms with Crippen molar-refractivity contribution in [2.75, 3.05) is 37.6 Å². The van der Waals surface area contributed by atoms with Gasteiger partial charge < -0.3 is 14.7 Å². The van der Waals surface area contributed by atoms with E-state index in [1.54, 1.807) is 6.07 Å². The summed E-state index contributed by atoms with van der Waals surface area (Å²) in [7, 11) is 0. The summed E-state index contributed by atoms with van der Waals surface area (Å²) in [5, 5.41) is 7.94. The molecule has 1 aliphatic heterocycles. The molecule has 6 nitrogen and oxygen atoms in total. The molecule has 1 aromatic carbocycles. The van der Waals surface area contributed by atoms with E-state index < -0.39 is 0 Å². The van der Waals surface area contributed by atoms with Crippen LogP contribution in [0.5, 0.6) is 0 Å². The number of piperazine rings is 1. The Morgan fingerprint density at radius 1 is 1.18 bits per heavy atom. The second-order valence-electron chi connectivity index (χ2n) is 7.58. The number of carbonyl (C=O) groups is 1. The summed E-state index contributed by atoms with van der Waals surface area (Å²) in [4.78, 5) is 16.8. The van der Waals surface area contributed by atoms with Crippen molar-refractivity contribution >= 4 is 34.8 Å². The Bertz CT molecular complexity index is 801. The van der Waals surface area contributed by atoms with Gasteiger partial charge >= 0.3 is 0 Å². The summed E-state index contributed by atoms with van der Waals surface area (Å²) in [5.74, 6) is 0.538. The molecule has 0 radical (unpaired) electrons. The Balaban J connectivity index is 1.15. The Kier molecular flexibility index (Phi) is 6.09. The molecule has 1 aliphatic carbocycles. The molecule has 150 valence electrons. The lowest BCUT2D eigenvalue weighted by Gasteiger charge is -2.39. The zero-order chi connectivity index (χ0) is 19.5. The number of benzene rings is 1. The predicted octanol–water partition coefficient (Wildman–Crippen LogP) is 3.70. The smallest absolute Gasteiger partial charge is 0.273 e. The lowest BCUT2D eigenvalue weighted by Crippen LogP contribution is -2.48. The quantitative estimate of drug-likeness (QED) is 0.768. The fourth-order valence-corrected chi connectivity index (χ4v) is 4.41. The molecule has 1 amide bonds. The van der Waals surface area contributed by atoms with Crippen molar-refractivity contribution < 1.29 is 9.32 Å². The van der Waals surface area contributed by atoms with E-state index in [-0.39, 0.29) is 11.9 Å². The van der Waals surface area contributed by atoms with Crippen molar-refractivity contribution in [3.63, 3.8) is 0 Å². The highest BCUT2D eigenvalue weighted by Crippen LogP contribution is 2.33. The summed E-state index contributed by atoms with van der Waals surface area (Å²) >= 11 is 12.5. The highest BCUT2D eigenvalue weighted by molar-refractivity contribution is 6.43. The fraction of sp³-hybridized carbons (Fsp3) is 0.500. The van der Waals surface area contributed by atoms with Crippen LogP contribution >= 0.6 is 23.2 Å². The Morgan fingerprint density at radius 2 is 1.96 bits per heavy atom. The van der Waals surface area contributed by atoms with E-state index >= 15 is 0 Å². The van der Waals surface area contributed by atoms with E-state index in [2.05, 4.69) is 20.3 Å². The van der Waals surface area contributed by atoms with Gasteiger partial charge in [0, 0.05) is 38.3 Å². The average Bonchev–Trinajstić information content (AvgIpc) is 3.21. The van der Waals surface area contributed by atoms with Crippen LogP contribution in [-0.4, -0.2) is 54.7 Å². The molecule has 1 aromatic heterocycles. The molecule has 0 atom stereocenters. The van der Waals surface area contributed by atoms with Crippen molar-refractivity contribution in [3.8, 4) is 0 Å². The van der Waals surface area contributed by atoms with Crippen LogP contribution in [0.2, 0.25) is 10.0 Å². The number of amides is 1. The largest absolute Gasteiger partial charge is 0.368 e.